The number of phenols is 1. The van der Waals surface area contributed by atoms with Crippen molar-refractivity contribution in [2.45, 2.75) is 23.2 Å². The Morgan fingerprint density at radius 3 is 2.80 bits per heavy atom. The van der Waals surface area contributed by atoms with E-state index in [0.29, 0.717) is 22.4 Å². The summed E-state index contributed by atoms with van der Waals surface area (Å²) in [5.74, 6) is -0.518. The van der Waals surface area contributed by atoms with Crippen LogP contribution < -0.4 is 15.6 Å². The molecular weight excluding hydrogens is 409 g/mol. The number of benzene rings is 2. The van der Waals surface area contributed by atoms with E-state index < -0.39 is 11.5 Å². The molecule has 3 N–H and O–H groups in total. The van der Waals surface area contributed by atoms with E-state index in [-0.39, 0.29) is 40.6 Å². The van der Waals surface area contributed by atoms with E-state index in [1.165, 1.54) is 31.0 Å². The summed E-state index contributed by atoms with van der Waals surface area (Å²) < 4.78 is 18.9. The van der Waals surface area contributed by atoms with Crippen LogP contribution in [0.1, 0.15) is 29.0 Å². The molecule has 9 heteroatoms. The Morgan fingerprint density at radius 1 is 1.27 bits per heavy atom. The summed E-state index contributed by atoms with van der Waals surface area (Å²) in [6.45, 7) is 0. The van der Waals surface area contributed by atoms with Crippen LogP contribution in [0.25, 0.3) is 0 Å². The van der Waals surface area contributed by atoms with E-state index in [9.17, 15) is 19.1 Å². The molecule has 1 aliphatic heterocycles. The third-order valence-corrected chi connectivity index (χ3v) is 5.78. The predicted molar refractivity (Wildman–Crippen MR) is 111 cm³/mol. The summed E-state index contributed by atoms with van der Waals surface area (Å²) in [5.41, 5.74) is 1.01. The molecule has 1 amide bonds. The molecule has 30 heavy (non-hydrogen) atoms. The topological polar surface area (TPSA) is 104 Å². The lowest BCUT2D eigenvalue weighted by Crippen LogP contribution is -2.31. The Hall–Kier alpha value is -3.33. The van der Waals surface area contributed by atoms with E-state index in [1.807, 2.05) is 0 Å². The number of hydrogen-bond donors (Lipinski definition) is 3. The van der Waals surface area contributed by atoms with E-state index in [1.54, 1.807) is 30.3 Å². The number of thioether (sulfide) groups is 1. The number of hydrogen-bond acceptors (Lipinski definition) is 6. The maximum absolute atomic E-state index is 13.8. The number of ether oxygens (including phenoxy) is 1. The highest BCUT2D eigenvalue weighted by Crippen LogP contribution is 2.38. The van der Waals surface area contributed by atoms with Crippen molar-refractivity contribution in [3.05, 3.63) is 75.3 Å². The lowest BCUT2D eigenvalue weighted by molar-refractivity contribution is -0.116. The predicted octanol–water partition coefficient (Wildman–Crippen LogP) is 3.39. The fraction of sp³-hybridized carbons (Fsp3) is 0.190. The molecule has 4 rings (SSSR count). The van der Waals surface area contributed by atoms with Crippen LogP contribution in [0.2, 0.25) is 0 Å². The number of rotatable bonds is 5. The molecule has 0 saturated carbocycles. The van der Waals surface area contributed by atoms with Crippen molar-refractivity contribution < 1.29 is 19.0 Å². The lowest BCUT2D eigenvalue weighted by atomic mass is 9.86. The minimum absolute atomic E-state index is 0.0469. The monoisotopic (exact) mass is 427 g/mol. The molecule has 0 unspecified atom stereocenters. The van der Waals surface area contributed by atoms with Gasteiger partial charge in [0.05, 0.1) is 12.7 Å². The number of aromatic nitrogens is 2. The van der Waals surface area contributed by atoms with E-state index in [2.05, 4.69) is 15.3 Å². The fourth-order valence-electron chi connectivity index (χ4n) is 3.39. The average molecular weight is 427 g/mol. The standard InChI is InChI=1S/C21H18FN3O4S/c1-29-16-7-6-11(8-15(16)26)13-9-17(27)23-19-18(13)20(28)25-21(24-19)30-10-12-4-2-3-5-14(12)22/h2-8,13,26H,9-10H2,1H3,(H2,23,24,25,27,28)/t13-/m1/s1. The fourth-order valence-corrected chi connectivity index (χ4v) is 4.24. The molecule has 2 heterocycles. The van der Waals surface area contributed by atoms with E-state index >= 15 is 0 Å². The van der Waals surface area contributed by atoms with Gasteiger partial charge in [0, 0.05) is 18.1 Å². The highest BCUT2D eigenvalue weighted by atomic mass is 32.2. The van der Waals surface area contributed by atoms with Gasteiger partial charge in [0.25, 0.3) is 5.56 Å². The molecule has 7 nitrogen and oxygen atoms in total. The number of fused-ring (bicyclic) bond motifs is 1. The number of phenolic OH excluding ortho intramolecular Hbond substituents is 1. The Labute approximate surface area is 175 Å². The van der Waals surface area contributed by atoms with Crippen molar-refractivity contribution in [1.29, 1.82) is 0 Å². The highest BCUT2D eigenvalue weighted by molar-refractivity contribution is 7.98. The molecule has 1 aliphatic rings. The van der Waals surface area contributed by atoms with Gasteiger partial charge in [-0.1, -0.05) is 36.0 Å². The summed E-state index contributed by atoms with van der Waals surface area (Å²) in [7, 11) is 1.44. The van der Waals surface area contributed by atoms with Crippen LogP contribution in [0.4, 0.5) is 10.2 Å². The Balaban J connectivity index is 1.67. The van der Waals surface area contributed by atoms with Crippen LogP contribution in [0.3, 0.4) is 0 Å². The molecule has 0 bridgehead atoms. The van der Waals surface area contributed by atoms with Gasteiger partial charge in [-0.05, 0) is 29.3 Å². The average Bonchev–Trinajstić information content (AvgIpc) is 2.72. The number of amides is 1. The largest absolute Gasteiger partial charge is 0.504 e. The third kappa shape index (κ3) is 3.88. The maximum Gasteiger partial charge on any atom is 0.257 e. The van der Waals surface area contributed by atoms with Gasteiger partial charge in [0.1, 0.15) is 11.6 Å². The van der Waals surface area contributed by atoms with Crippen molar-refractivity contribution in [2.75, 3.05) is 12.4 Å². The number of carbonyl (C=O) groups excluding carboxylic acids is 1. The Bertz CT molecular complexity index is 1180. The van der Waals surface area contributed by atoms with Gasteiger partial charge >= 0.3 is 0 Å². The van der Waals surface area contributed by atoms with Gasteiger partial charge in [-0.3, -0.25) is 9.59 Å². The first kappa shape index (κ1) is 20.0. The number of anilines is 1. The molecule has 1 atom stereocenters. The minimum Gasteiger partial charge on any atom is -0.504 e. The summed E-state index contributed by atoms with van der Waals surface area (Å²) in [5, 5.41) is 13.0. The number of aromatic hydroxyl groups is 1. The van der Waals surface area contributed by atoms with E-state index in [4.69, 9.17) is 4.74 Å². The van der Waals surface area contributed by atoms with Gasteiger partial charge in [-0.25, -0.2) is 9.37 Å². The van der Waals surface area contributed by atoms with Crippen LogP contribution in [0.15, 0.2) is 52.4 Å². The first-order chi connectivity index (χ1) is 14.5. The number of nitrogens with zero attached hydrogens (tertiary/aromatic N) is 1. The van der Waals surface area contributed by atoms with Crippen molar-refractivity contribution in [2.24, 2.45) is 0 Å². The number of halogens is 1. The van der Waals surface area contributed by atoms with Crippen molar-refractivity contribution in [3.63, 3.8) is 0 Å². The Morgan fingerprint density at radius 2 is 2.07 bits per heavy atom. The molecule has 154 valence electrons. The zero-order valence-corrected chi connectivity index (χ0v) is 16.8. The molecule has 0 spiro atoms. The summed E-state index contributed by atoms with van der Waals surface area (Å²) in [4.78, 5) is 32.2. The highest BCUT2D eigenvalue weighted by Gasteiger charge is 2.31. The number of carbonyl (C=O) groups is 1. The molecule has 0 radical (unpaired) electrons. The minimum atomic E-state index is -0.563. The second-order valence-corrected chi connectivity index (χ2v) is 7.71. The maximum atomic E-state index is 13.8. The first-order valence-corrected chi connectivity index (χ1v) is 10.1. The van der Waals surface area contributed by atoms with Crippen LogP contribution in [-0.4, -0.2) is 28.1 Å². The van der Waals surface area contributed by atoms with Crippen LogP contribution >= 0.6 is 11.8 Å². The van der Waals surface area contributed by atoms with Gasteiger partial charge in [-0.2, -0.15) is 0 Å². The number of aromatic amines is 1. The number of H-pyrrole nitrogens is 1. The van der Waals surface area contributed by atoms with E-state index in [0.717, 1.165) is 0 Å². The van der Waals surface area contributed by atoms with Gasteiger partial charge in [0.15, 0.2) is 16.7 Å². The van der Waals surface area contributed by atoms with Crippen LogP contribution in [0, 0.1) is 5.82 Å². The second kappa shape index (κ2) is 8.19. The van der Waals surface area contributed by atoms with Crippen LogP contribution in [0.5, 0.6) is 11.5 Å². The molecule has 0 fully saturated rings. The molecule has 2 aromatic carbocycles. The molecular formula is C21H18FN3O4S. The SMILES string of the molecule is COc1ccc([C@H]2CC(=O)Nc3nc(SCc4ccccc4F)[nH]c(=O)c32)cc1O. The van der Waals surface area contributed by atoms with Crippen molar-refractivity contribution in [1.82, 2.24) is 9.97 Å². The van der Waals surface area contributed by atoms with Crippen molar-refractivity contribution >= 4 is 23.5 Å². The third-order valence-electron chi connectivity index (χ3n) is 4.86. The lowest BCUT2D eigenvalue weighted by Gasteiger charge is -2.24. The first-order valence-electron chi connectivity index (χ1n) is 9.13. The quantitative estimate of drug-likeness (QED) is 0.426. The zero-order valence-electron chi connectivity index (χ0n) is 15.9. The van der Waals surface area contributed by atoms with Crippen molar-refractivity contribution in [3.8, 4) is 11.5 Å². The normalized spacial score (nSPS) is 15.4. The van der Waals surface area contributed by atoms with Crippen LogP contribution in [-0.2, 0) is 10.5 Å². The molecule has 0 aliphatic carbocycles. The molecule has 1 aromatic heterocycles. The number of methoxy groups -OCH3 is 1. The second-order valence-electron chi connectivity index (χ2n) is 6.75. The zero-order chi connectivity index (χ0) is 21.3. The number of nitrogens with one attached hydrogen (secondary N) is 2. The summed E-state index contributed by atoms with van der Waals surface area (Å²) in [6.07, 6.45) is 0.0469. The summed E-state index contributed by atoms with van der Waals surface area (Å²) >= 11 is 1.17. The Kier molecular flexibility index (Phi) is 5.45. The van der Waals surface area contributed by atoms with Gasteiger partial charge in [-0.15, -0.1) is 0 Å². The smallest absolute Gasteiger partial charge is 0.257 e. The molecule has 3 aromatic rings. The van der Waals surface area contributed by atoms with Gasteiger partial charge in [0.2, 0.25) is 5.91 Å². The summed E-state index contributed by atoms with van der Waals surface area (Å²) in [6, 6.07) is 11.1. The van der Waals surface area contributed by atoms with Gasteiger partial charge < -0.3 is 20.1 Å². The molecule has 0 saturated heterocycles.